The van der Waals surface area contributed by atoms with Gasteiger partial charge in [0.15, 0.2) is 0 Å². The minimum atomic E-state index is -0.621. The van der Waals surface area contributed by atoms with Gasteiger partial charge in [0.05, 0.1) is 18.3 Å². The number of nitrogens with zero attached hydrogens (tertiary/aromatic N) is 2. The van der Waals surface area contributed by atoms with Gasteiger partial charge in [-0.25, -0.2) is 0 Å². The topological polar surface area (TPSA) is 81.6 Å². The smallest absolute Gasteiger partial charge is 0.237 e. The Kier molecular flexibility index (Phi) is 3.24. The van der Waals surface area contributed by atoms with Crippen molar-refractivity contribution in [1.29, 1.82) is 5.26 Å². The summed E-state index contributed by atoms with van der Waals surface area (Å²) in [7, 11) is 0. The Morgan fingerprint density at radius 3 is 2.93 bits per heavy atom. The van der Waals surface area contributed by atoms with Crippen molar-refractivity contribution < 1.29 is 4.79 Å². The average Bonchev–Trinajstić information content (AvgIpc) is 2.69. The van der Waals surface area contributed by atoms with E-state index in [-0.39, 0.29) is 11.9 Å². The number of aromatic nitrogens is 2. The summed E-state index contributed by atoms with van der Waals surface area (Å²) < 4.78 is 0. The van der Waals surface area contributed by atoms with Crippen LogP contribution in [0.15, 0.2) is 12.4 Å². The van der Waals surface area contributed by atoms with Crippen molar-refractivity contribution in [2.45, 2.75) is 19.9 Å². The molecule has 2 N–H and O–H groups in total. The molecule has 14 heavy (non-hydrogen) atoms. The van der Waals surface area contributed by atoms with E-state index in [1.165, 1.54) is 0 Å². The van der Waals surface area contributed by atoms with E-state index in [1.807, 2.05) is 13.0 Å². The number of hydrogen-bond donors (Lipinski definition) is 2. The van der Waals surface area contributed by atoms with Gasteiger partial charge in [-0.1, -0.05) is 0 Å². The summed E-state index contributed by atoms with van der Waals surface area (Å²) in [6.07, 6.45) is 3.35. The summed E-state index contributed by atoms with van der Waals surface area (Å²) in [6.45, 7) is 3.41. The molecule has 1 aromatic heterocycles. The zero-order valence-corrected chi connectivity index (χ0v) is 8.11. The molecule has 1 heterocycles. The third-order valence-electron chi connectivity index (χ3n) is 1.97. The molecule has 0 bridgehead atoms. The first kappa shape index (κ1) is 10.3. The van der Waals surface area contributed by atoms with E-state index in [0.29, 0.717) is 0 Å². The summed E-state index contributed by atoms with van der Waals surface area (Å²) >= 11 is 0. The van der Waals surface area contributed by atoms with Gasteiger partial charge in [-0.3, -0.25) is 9.89 Å². The standard InChI is InChI=1S/C9H12N4O/c1-6(3-10)9(14)13-7(2)8-4-11-12-5-8/h4-7H,1-2H3,(H,11,12)(H,13,14). The van der Waals surface area contributed by atoms with Crippen LogP contribution < -0.4 is 5.32 Å². The number of nitrogens with one attached hydrogen (secondary N) is 2. The first-order valence-corrected chi connectivity index (χ1v) is 4.33. The van der Waals surface area contributed by atoms with Crippen LogP contribution in [0.1, 0.15) is 25.5 Å². The fourth-order valence-corrected chi connectivity index (χ4v) is 0.978. The van der Waals surface area contributed by atoms with Gasteiger partial charge in [0.1, 0.15) is 5.92 Å². The van der Waals surface area contributed by atoms with Gasteiger partial charge < -0.3 is 5.32 Å². The van der Waals surface area contributed by atoms with Crippen molar-refractivity contribution in [2.75, 3.05) is 0 Å². The highest BCUT2D eigenvalue weighted by Gasteiger charge is 2.15. The van der Waals surface area contributed by atoms with Crippen LogP contribution in [-0.2, 0) is 4.79 Å². The molecule has 5 nitrogen and oxygen atoms in total. The molecule has 0 saturated carbocycles. The minimum absolute atomic E-state index is 0.128. The number of carbonyl (C=O) groups excluding carboxylic acids is 1. The molecular formula is C9H12N4O. The second-order valence-electron chi connectivity index (χ2n) is 3.11. The monoisotopic (exact) mass is 192 g/mol. The summed E-state index contributed by atoms with van der Waals surface area (Å²) in [5.41, 5.74) is 0.892. The molecule has 1 rings (SSSR count). The molecule has 0 aromatic carbocycles. The molecule has 2 atom stereocenters. The Balaban J connectivity index is 2.54. The maximum absolute atomic E-state index is 11.3. The minimum Gasteiger partial charge on any atom is -0.348 e. The molecule has 5 heteroatoms. The first-order chi connectivity index (χ1) is 6.65. The highest BCUT2D eigenvalue weighted by Crippen LogP contribution is 2.09. The first-order valence-electron chi connectivity index (χ1n) is 4.33. The average molecular weight is 192 g/mol. The van der Waals surface area contributed by atoms with Crippen LogP contribution in [0.25, 0.3) is 0 Å². The third-order valence-corrected chi connectivity index (χ3v) is 1.97. The molecule has 74 valence electrons. The predicted octanol–water partition coefficient (Wildman–Crippen LogP) is 0.747. The number of carbonyl (C=O) groups is 1. The van der Waals surface area contributed by atoms with E-state index < -0.39 is 5.92 Å². The molecular weight excluding hydrogens is 180 g/mol. The van der Waals surface area contributed by atoms with E-state index in [4.69, 9.17) is 5.26 Å². The lowest BCUT2D eigenvalue weighted by Crippen LogP contribution is -2.30. The predicted molar refractivity (Wildman–Crippen MR) is 49.9 cm³/mol. The number of amides is 1. The van der Waals surface area contributed by atoms with Crippen LogP contribution in [0.2, 0.25) is 0 Å². The van der Waals surface area contributed by atoms with Crippen molar-refractivity contribution in [2.24, 2.45) is 5.92 Å². The molecule has 0 spiro atoms. The van der Waals surface area contributed by atoms with Crippen LogP contribution in [-0.4, -0.2) is 16.1 Å². The van der Waals surface area contributed by atoms with Gasteiger partial charge in [0.2, 0.25) is 5.91 Å². The zero-order chi connectivity index (χ0) is 10.6. The summed E-state index contributed by atoms with van der Waals surface area (Å²) in [6, 6.07) is 1.75. The largest absolute Gasteiger partial charge is 0.348 e. The summed E-state index contributed by atoms with van der Waals surface area (Å²) in [5, 5.41) is 17.7. The van der Waals surface area contributed by atoms with Crippen LogP contribution in [0, 0.1) is 17.2 Å². The van der Waals surface area contributed by atoms with Crippen molar-refractivity contribution in [1.82, 2.24) is 15.5 Å². The highest BCUT2D eigenvalue weighted by molar-refractivity contribution is 5.80. The molecule has 0 aliphatic heterocycles. The van der Waals surface area contributed by atoms with Gasteiger partial charge in [-0.05, 0) is 13.8 Å². The Morgan fingerprint density at radius 2 is 2.43 bits per heavy atom. The molecule has 0 fully saturated rings. The SMILES string of the molecule is CC(C#N)C(=O)NC(C)c1cn[nH]c1. The Bertz CT molecular complexity index is 338. The lowest BCUT2D eigenvalue weighted by molar-refractivity contribution is -0.123. The maximum atomic E-state index is 11.3. The Hall–Kier alpha value is -1.83. The van der Waals surface area contributed by atoms with E-state index in [0.717, 1.165) is 5.56 Å². The van der Waals surface area contributed by atoms with Crippen LogP contribution in [0.4, 0.5) is 0 Å². The molecule has 0 aliphatic carbocycles. The number of rotatable bonds is 3. The molecule has 1 amide bonds. The van der Waals surface area contributed by atoms with E-state index in [2.05, 4.69) is 15.5 Å². The van der Waals surface area contributed by atoms with Crippen LogP contribution >= 0.6 is 0 Å². The van der Waals surface area contributed by atoms with Crippen LogP contribution in [0.3, 0.4) is 0 Å². The van der Waals surface area contributed by atoms with Crippen molar-refractivity contribution >= 4 is 5.91 Å². The van der Waals surface area contributed by atoms with Gasteiger partial charge in [-0.15, -0.1) is 0 Å². The number of aromatic amines is 1. The fraction of sp³-hybridized carbons (Fsp3) is 0.444. The van der Waals surface area contributed by atoms with Gasteiger partial charge in [0, 0.05) is 11.8 Å². The molecule has 0 radical (unpaired) electrons. The van der Waals surface area contributed by atoms with Crippen molar-refractivity contribution in [3.8, 4) is 6.07 Å². The van der Waals surface area contributed by atoms with E-state index >= 15 is 0 Å². The lowest BCUT2D eigenvalue weighted by Gasteiger charge is -2.12. The molecule has 0 aliphatic rings. The van der Waals surface area contributed by atoms with Gasteiger partial charge >= 0.3 is 0 Å². The molecule has 2 unspecified atom stereocenters. The summed E-state index contributed by atoms with van der Waals surface area (Å²) in [4.78, 5) is 11.3. The van der Waals surface area contributed by atoms with Crippen molar-refractivity contribution in [3.05, 3.63) is 18.0 Å². The maximum Gasteiger partial charge on any atom is 0.237 e. The third kappa shape index (κ3) is 2.33. The number of H-pyrrole nitrogens is 1. The van der Waals surface area contributed by atoms with Crippen molar-refractivity contribution in [3.63, 3.8) is 0 Å². The fourth-order valence-electron chi connectivity index (χ4n) is 0.978. The van der Waals surface area contributed by atoms with E-state index in [1.54, 1.807) is 19.3 Å². The Labute approximate surface area is 82.1 Å². The second-order valence-corrected chi connectivity index (χ2v) is 3.11. The molecule has 1 aromatic rings. The second kappa shape index (κ2) is 4.42. The summed E-state index contributed by atoms with van der Waals surface area (Å²) in [5.74, 6) is -0.884. The molecule has 0 saturated heterocycles. The van der Waals surface area contributed by atoms with Crippen LogP contribution in [0.5, 0.6) is 0 Å². The number of hydrogen-bond acceptors (Lipinski definition) is 3. The lowest BCUT2D eigenvalue weighted by atomic mass is 10.1. The normalized spacial score (nSPS) is 14.1. The Morgan fingerprint density at radius 1 is 1.71 bits per heavy atom. The highest BCUT2D eigenvalue weighted by atomic mass is 16.1. The van der Waals surface area contributed by atoms with E-state index in [9.17, 15) is 4.79 Å². The number of nitriles is 1. The zero-order valence-electron chi connectivity index (χ0n) is 8.11. The van der Waals surface area contributed by atoms with Gasteiger partial charge in [-0.2, -0.15) is 10.4 Å². The van der Waals surface area contributed by atoms with Gasteiger partial charge in [0.25, 0.3) is 0 Å². The quantitative estimate of drug-likeness (QED) is 0.741.